The minimum absolute atomic E-state index is 0.152. The van der Waals surface area contributed by atoms with Gasteiger partial charge in [-0.05, 0) is 31.4 Å². The van der Waals surface area contributed by atoms with E-state index in [2.05, 4.69) is 17.1 Å². The van der Waals surface area contributed by atoms with E-state index in [0.29, 0.717) is 5.88 Å². The van der Waals surface area contributed by atoms with Crippen LogP contribution in [0.4, 0.5) is 0 Å². The maximum Gasteiger partial charge on any atom is 0.213 e. The first-order valence-corrected chi connectivity index (χ1v) is 6.43. The van der Waals surface area contributed by atoms with Crippen molar-refractivity contribution in [2.45, 2.75) is 44.4 Å². The van der Waals surface area contributed by atoms with Gasteiger partial charge in [0.15, 0.2) is 0 Å². The van der Waals surface area contributed by atoms with Crippen LogP contribution in [0.2, 0.25) is 0 Å². The van der Waals surface area contributed by atoms with Crippen LogP contribution in [0.1, 0.15) is 43.4 Å². The molecule has 3 nitrogen and oxygen atoms in total. The zero-order valence-electron chi connectivity index (χ0n) is 10.8. The van der Waals surface area contributed by atoms with Crippen molar-refractivity contribution in [2.24, 2.45) is 5.73 Å². The van der Waals surface area contributed by atoms with E-state index in [-0.39, 0.29) is 5.41 Å². The van der Waals surface area contributed by atoms with Crippen LogP contribution in [0, 0.1) is 6.92 Å². The third kappa shape index (κ3) is 2.44. The Hall–Kier alpha value is -1.09. The zero-order valence-corrected chi connectivity index (χ0v) is 10.8. The number of aromatic nitrogens is 1. The molecule has 1 fully saturated rings. The molecule has 0 amide bonds. The summed E-state index contributed by atoms with van der Waals surface area (Å²) in [7, 11) is 1.67. The summed E-state index contributed by atoms with van der Waals surface area (Å²) >= 11 is 0. The van der Waals surface area contributed by atoms with E-state index in [1.54, 1.807) is 7.11 Å². The number of aryl methyl sites for hydroxylation is 1. The lowest BCUT2D eigenvalue weighted by Gasteiger charge is -2.37. The highest BCUT2D eigenvalue weighted by molar-refractivity contribution is 5.32. The fourth-order valence-electron chi connectivity index (χ4n) is 2.89. The maximum absolute atomic E-state index is 6.05. The summed E-state index contributed by atoms with van der Waals surface area (Å²) in [5, 5.41) is 0. The Morgan fingerprint density at radius 1 is 1.29 bits per heavy atom. The third-order valence-electron chi connectivity index (χ3n) is 3.95. The van der Waals surface area contributed by atoms with Gasteiger partial charge >= 0.3 is 0 Å². The van der Waals surface area contributed by atoms with Crippen molar-refractivity contribution in [3.8, 4) is 5.88 Å². The lowest BCUT2D eigenvalue weighted by atomic mass is 9.69. The number of nitrogens with two attached hydrogens (primary N) is 1. The van der Waals surface area contributed by atoms with Crippen molar-refractivity contribution in [3.05, 3.63) is 23.4 Å². The molecular formula is C14H22N2O. The van der Waals surface area contributed by atoms with Gasteiger partial charge in [-0.25, -0.2) is 4.98 Å². The average molecular weight is 234 g/mol. The molecule has 0 unspecified atom stereocenters. The van der Waals surface area contributed by atoms with Crippen molar-refractivity contribution < 1.29 is 4.74 Å². The van der Waals surface area contributed by atoms with Crippen LogP contribution in [0.15, 0.2) is 12.1 Å². The van der Waals surface area contributed by atoms with E-state index in [4.69, 9.17) is 10.5 Å². The highest BCUT2D eigenvalue weighted by Gasteiger charge is 2.33. The van der Waals surface area contributed by atoms with E-state index in [1.807, 2.05) is 6.92 Å². The monoisotopic (exact) mass is 234 g/mol. The van der Waals surface area contributed by atoms with Gasteiger partial charge in [-0.1, -0.05) is 19.3 Å². The largest absolute Gasteiger partial charge is 0.481 e. The van der Waals surface area contributed by atoms with Crippen molar-refractivity contribution in [2.75, 3.05) is 13.7 Å². The molecule has 0 saturated heterocycles. The van der Waals surface area contributed by atoms with Crippen LogP contribution < -0.4 is 10.5 Å². The highest BCUT2D eigenvalue weighted by Crippen LogP contribution is 2.39. The first-order chi connectivity index (χ1) is 8.20. The second-order valence-corrected chi connectivity index (χ2v) is 5.08. The number of hydrogen-bond acceptors (Lipinski definition) is 3. The molecule has 1 aliphatic rings. The van der Waals surface area contributed by atoms with Crippen LogP contribution >= 0.6 is 0 Å². The van der Waals surface area contributed by atoms with Gasteiger partial charge < -0.3 is 10.5 Å². The lowest BCUT2D eigenvalue weighted by molar-refractivity contribution is 0.298. The molecule has 17 heavy (non-hydrogen) atoms. The minimum Gasteiger partial charge on any atom is -0.481 e. The molecule has 0 aliphatic heterocycles. The summed E-state index contributed by atoms with van der Waals surface area (Å²) < 4.78 is 5.26. The molecule has 0 bridgehead atoms. The van der Waals surface area contributed by atoms with Crippen LogP contribution in [0.3, 0.4) is 0 Å². The van der Waals surface area contributed by atoms with Gasteiger partial charge in [0.1, 0.15) is 0 Å². The number of nitrogens with zero attached hydrogens (tertiary/aromatic N) is 1. The van der Waals surface area contributed by atoms with Crippen LogP contribution in [-0.2, 0) is 5.41 Å². The van der Waals surface area contributed by atoms with Gasteiger partial charge in [0.25, 0.3) is 0 Å². The second-order valence-electron chi connectivity index (χ2n) is 5.08. The van der Waals surface area contributed by atoms with Gasteiger partial charge in [0, 0.05) is 23.7 Å². The second kappa shape index (κ2) is 5.05. The minimum atomic E-state index is 0.152. The normalized spacial score (nSPS) is 19.0. The number of rotatable bonds is 3. The van der Waals surface area contributed by atoms with Crippen molar-refractivity contribution in [1.29, 1.82) is 0 Å². The first-order valence-electron chi connectivity index (χ1n) is 6.43. The molecule has 1 heterocycles. The van der Waals surface area contributed by atoms with Crippen LogP contribution in [0.25, 0.3) is 0 Å². The van der Waals surface area contributed by atoms with E-state index >= 15 is 0 Å². The number of ether oxygens (including phenoxy) is 1. The summed E-state index contributed by atoms with van der Waals surface area (Å²) in [6.45, 7) is 2.73. The SMILES string of the molecule is COc1cc(C2(CN)CCCCC2)cc(C)n1. The molecule has 0 radical (unpaired) electrons. The summed E-state index contributed by atoms with van der Waals surface area (Å²) in [5.41, 5.74) is 8.52. The zero-order chi connectivity index (χ0) is 12.3. The van der Waals surface area contributed by atoms with E-state index in [0.717, 1.165) is 12.2 Å². The highest BCUT2D eigenvalue weighted by atomic mass is 16.5. The molecule has 0 atom stereocenters. The molecule has 2 rings (SSSR count). The summed E-state index contributed by atoms with van der Waals surface area (Å²) in [5.74, 6) is 0.707. The van der Waals surface area contributed by atoms with Crippen molar-refractivity contribution in [3.63, 3.8) is 0 Å². The van der Waals surface area contributed by atoms with Gasteiger partial charge in [-0.3, -0.25) is 0 Å². The molecule has 0 spiro atoms. The fraction of sp³-hybridized carbons (Fsp3) is 0.643. The smallest absolute Gasteiger partial charge is 0.213 e. The third-order valence-corrected chi connectivity index (χ3v) is 3.95. The molecule has 0 aromatic carbocycles. The predicted molar refractivity (Wildman–Crippen MR) is 69.3 cm³/mol. The molecule has 1 saturated carbocycles. The molecular weight excluding hydrogens is 212 g/mol. The Bertz CT molecular complexity index is 384. The van der Waals surface area contributed by atoms with E-state index < -0.39 is 0 Å². The number of pyridine rings is 1. The topological polar surface area (TPSA) is 48.1 Å². The Morgan fingerprint density at radius 2 is 2.00 bits per heavy atom. The van der Waals surface area contributed by atoms with E-state index in [1.165, 1.54) is 37.7 Å². The summed E-state index contributed by atoms with van der Waals surface area (Å²) in [4.78, 5) is 4.35. The molecule has 1 aromatic heterocycles. The molecule has 1 aliphatic carbocycles. The molecule has 94 valence electrons. The fourth-order valence-corrected chi connectivity index (χ4v) is 2.89. The van der Waals surface area contributed by atoms with Gasteiger partial charge in [-0.15, -0.1) is 0 Å². The van der Waals surface area contributed by atoms with Gasteiger partial charge in [0.2, 0.25) is 5.88 Å². The van der Waals surface area contributed by atoms with Crippen LogP contribution in [-0.4, -0.2) is 18.6 Å². The summed E-state index contributed by atoms with van der Waals surface area (Å²) in [6, 6.07) is 4.23. The van der Waals surface area contributed by atoms with Crippen molar-refractivity contribution in [1.82, 2.24) is 4.98 Å². The van der Waals surface area contributed by atoms with Gasteiger partial charge in [0.05, 0.1) is 7.11 Å². The van der Waals surface area contributed by atoms with Gasteiger partial charge in [-0.2, -0.15) is 0 Å². The Balaban J connectivity index is 2.38. The molecule has 2 N–H and O–H groups in total. The molecule has 1 aromatic rings. The predicted octanol–water partition coefficient (Wildman–Crippen LogP) is 2.56. The van der Waals surface area contributed by atoms with Crippen LogP contribution in [0.5, 0.6) is 5.88 Å². The lowest BCUT2D eigenvalue weighted by Crippen LogP contribution is -2.37. The summed E-state index contributed by atoms with van der Waals surface area (Å²) in [6.07, 6.45) is 6.27. The van der Waals surface area contributed by atoms with Crippen molar-refractivity contribution >= 4 is 0 Å². The Morgan fingerprint density at radius 3 is 2.59 bits per heavy atom. The first kappa shape index (κ1) is 12.4. The Labute approximate surface area is 103 Å². The quantitative estimate of drug-likeness (QED) is 0.874. The number of hydrogen-bond donors (Lipinski definition) is 1. The Kier molecular flexibility index (Phi) is 3.67. The standard InChI is InChI=1S/C14H22N2O/c1-11-8-12(9-13(16-11)17-2)14(10-15)6-4-3-5-7-14/h8-9H,3-7,10,15H2,1-2H3. The maximum atomic E-state index is 6.05. The number of methoxy groups -OCH3 is 1. The van der Waals surface area contributed by atoms with E-state index in [9.17, 15) is 0 Å². The average Bonchev–Trinajstić information content (AvgIpc) is 2.38. The molecule has 3 heteroatoms.